The van der Waals surface area contributed by atoms with E-state index in [0.717, 1.165) is 0 Å². The van der Waals surface area contributed by atoms with Crippen LogP contribution < -0.4 is 5.32 Å². The molecule has 6 heteroatoms. The Balaban J connectivity index is 1.82. The van der Waals surface area contributed by atoms with Gasteiger partial charge in [-0.1, -0.05) is 0 Å². The van der Waals surface area contributed by atoms with Crippen molar-refractivity contribution in [3.05, 3.63) is 30.2 Å². The Morgan fingerprint density at radius 2 is 2.15 bits per heavy atom. The highest BCUT2D eigenvalue weighted by molar-refractivity contribution is 5.95. The second-order valence-electron chi connectivity index (χ2n) is 4.52. The number of ether oxygens (including phenoxy) is 1. The minimum atomic E-state index is -0.554. The number of hydrogen-bond donors (Lipinski definition) is 1. The lowest BCUT2D eigenvalue weighted by Crippen LogP contribution is -2.50. The van der Waals surface area contributed by atoms with Gasteiger partial charge in [0.05, 0.1) is 19.5 Å². The lowest BCUT2D eigenvalue weighted by molar-refractivity contribution is -0.138. The van der Waals surface area contributed by atoms with E-state index >= 15 is 0 Å². The zero-order chi connectivity index (χ0) is 14.4. The van der Waals surface area contributed by atoms with Gasteiger partial charge in [0.25, 0.3) is 0 Å². The number of hydrogen-bond acceptors (Lipinski definition) is 4. The topological polar surface area (TPSA) is 71.8 Å². The van der Waals surface area contributed by atoms with Crippen LogP contribution in [0.4, 0.5) is 0 Å². The van der Waals surface area contributed by atoms with Gasteiger partial charge < -0.3 is 19.4 Å². The third-order valence-electron chi connectivity index (χ3n) is 2.99. The minimum Gasteiger partial charge on any atom is -0.465 e. The Morgan fingerprint density at radius 3 is 2.80 bits per heavy atom. The molecule has 0 saturated carbocycles. The summed E-state index contributed by atoms with van der Waals surface area (Å²) in [5.74, 6) is 0.177. The quantitative estimate of drug-likeness (QED) is 0.821. The maximum absolute atomic E-state index is 12.1. The van der Waals surface area contributed by atoms with E-state index in [4.69, 9.17) is 9.15 Å². The predicted molar refractivity (Wildman–Crippen MR) is 72.7 cm³/mol. The summed E-state index contributed by atoms with van der Waals surface area (Å²) in [5, 5.41) is 2.64. The van der Waals surface area contributed by atoms with Crippen LogP contribution in [0.5, 0.6) is 0 Å². The molecule has 0 aliphatic carbocycles. The molecule has 6 nitrogen and oxygen atoms in total. The Hall–Kier alpha value is -2.08. The van der Waals surface area contributed by atoms with Gasteiger partial charge in [0, 0.05) is 19.2 Å². The average Bonchev–Trinajstić information content (AvgIpc) is 2.98. The van der Waals surface area contributed by atoms with Gasteiger partial charge in [-0.2, -0.15) is 0 Å². The van der Waals surface area contributed by atoms with Gasteiger partial charge in [-0.25, -0.2) is 0 Å². The maximum Gasteiger partial charge on any atom is 0.245 e. The van der Waals surface area contributed by atoms with Gasteiger partial charge in [0.1, 0.15) is 11.8 Å². The Bertz CT molecular complexity index is 475. The SMILES string of the molecule is CC(NC(=O)/C=C/c1ccco1)C(=O)N1CCOCC1. The monoisotopic (exact) mass is 278 g/mol. The average molecular weight is 278 g/mol. The number of nitrogens with zero attached hydrogens (tertiary/aromatic N) is 1. The maximum atomic E-state index is 12.1. The second kappa shape index (κ2) is 6.91. The van der Waals surface area contributed by atoms with Crippen LogP contribution in [0.25, 0.3) is 6.08 Å². The molecule has 1 fully saturated rings. The Morgan fingerprint density at radius 1 is 1.40 bits per heavy atom. The number of rotatable bonds is 4. The molecular formula is C14H18N2O4. The summed E-state index contributed by atoms with van der Waals surface area (Å²) >= 11 is 0. The summed E-state index contributed by atoms with van der Waals surface area (Å²) in [4.78, 5) is 25.5. The van der Waals surface area contributed by atoms with Crippen molar-refractivity contribution in [3.63, 3.8) is 0 Å². The number of furan rings is 1. The first kappa shape index (κ1) is 14.3. The first-order valence-corrected chi connectivity index (χ1v) is 6.55. The van der Waals surface area contributed by atoms with E-state index in [1.807, 2.05) is 0 Å². The van der Waals surface area contributed by atoms with Crippen molar-refractivity contribution >= 4 is 17.9 Å². The molecule has 0 radical (unpaired) electrons. The molecule has 20 heavy (non-hydrogen) atoms. The molecule has 2 heterocycles. The van der Waals surface area contributed by atoms with E-state index in [9.17, 15) is 9.59 Å². The molecule has 0 bridgehead atoms. The molecule has 2 amide bonds. The molecule has 1 aliphatic heterocycles. The van der Waals surface area contributed by atoms with Gasteiger partial charge in [0.15, 0.2) is 0 Å². The van der Waals surface area contributed by atoms with Crippen molar-refractivity contribution in [2.24, 2.45) is 0 Å². The van der Waals surface area contributed by atoms with Crippen molar-refractivity contribution < 1.29 is 18.7 Å². The third kappa shape index (κ3) is 3.96. The van der Waals surface area contributed by atoms with Crippen LogP contribution in [-0.2, 0) is 14.3 Å². The third-order valence-corrected chi connectivity index (χ3v) is 2.99. The van der Waals surface area contributed by atoms with E-state index in [2.05, 4.69) is 5.32 Å². The molecule has 1 aromatic heterocycles. The van der Waals surface area contributed by atoms with Crippen LogP contribution >= 0.6 is 0 Å². The predicted octanol–water partition coefficient (Wildman–Crippen LogP) is 0.656. The van der Waals surface area contributed by atoms with Crippen molar-refractivity contribution in [2.75, 3.05) is 26.3 Å². The minimum absolute atomic E-state index is 0.0898. The zero-order valence-electron chi connectivity index (χ0n) is 11.4. The highest BCUT2D eigenvalue weighted by Crippen LogP contribution is 2.03. The van der Waals surface area contributed by atoms with Gasteiger partial charge in [0.2, 0.25) is 11.8 Å². The Kier molecular flexibility index (Phi) is 4.95. The number of amides is 2. The van der Waals surface area contributed by atoms with Gasteiger partial charge in [-0.05, 0) is 25.1 Å². The first-order chi connectivity index (χ1) is 9.66. The van der Waals surface area contributed by atoms with Crippen molar-refractivity contribution in [1.29, 1.82) is 0 Å². The fourth-order valence-electron chi connectivity index (χ4n) is 1.92. The van der Waals surface area contributed by atoms with E-state index < -0.39 is 6.04 Å². The summed E-state index contributed by atoms with van der Waals surface area (Å²) in [5.41, 5.74) is 0. The molecule has 1 aromatic rings. The lowest BCUT2D eigenvalue weighted by Gasteiger charge is -2.29. The molecule has 0 aromatic carbocycles. The Labute approximate surface area is 117 Å². The summed E-state index contributed by atoms with van der Waals surface area (Å²) in [7, 11) is 0. The summed E-state index contributed by atoms with van der Waals surface area (Å²) < 4.78 is 10.3. The van der Waals surface area contributed by atoms with Crippen LogP contribution in [0, 0.1) is 0 Å². The molecule has 1 saturated heterocycles. The summed E-state index contributed by atoms with van der Waals surface area (Å²) in [6.07, 6.45) is 4.44. The van der Waals surface area contributed by atoms with Crippen molar-refractivity contribution in [2.45, 2.75) is 13.0 Å². The number of carbonyl (C=O) groups is 2. The number of carbonyl (C=O) groups excluding carboxylic acids is 2. The molecule has 0 spiro atoms. The van der Waals surface area contributed by atoms with Crippen LogP contribution in [0.15, 0.2) is 28.9 Å². The highest BCUT2D eigenvalue weighted by Gasteiger charge is 2.22. The van der Waals surface area contributed by atoms with Crippen LogP contribution in [0.1, 0.15) is 12.7 Å². The molecule has 1 unspecified atom stereocenters. The van der Waals surface area contributed by atoms with Crippen LogP contribution in [0.3, 0.4) is 0 Å². The van der Waals surface area contributed by atoms with Crippen molar-refractivity contribution in [3.8, 4) is 0 Å². The normalized spacial score (nSPS) is 17.1. The van der Waals surface area contributed by atoms with Gasteiger partial charge >= 0.3 is 0 Å². The zero-order valence-corrected chi connectivity index (χ0v) is 11.4. The summed E-state index contributed by atoms with van der Waals surface area (Å²) in [6.45, 7) is 3.91. The fourth-order valence-corrected chi connectivity index (χ4v) is 1.92. The molecule has 1 atom stereocenters. The van der Waals surface area contributed by atoms with Gasteiger partial charge in [-0.3, -0.25) is 9.59 Å². The molecule has 1 aliphatic rings. The number of morpholine rings is 1. The second-order valence-corrected chi connectivity index (χ2v) is 4.52. The lowest BCUT2D eigenvalue weighted by atomic mass is 10.2. The van der Waals surface area contributed by atoms with Crippen LogP contribution in [0.2, 0.25) is 0 Å². The largest absolute Gasteiger partial charge is 0.465 e. The van der Waals surface area contributed by atoms with Crippen LogP contribution in [-0.4, -0.2) is 49.1 Å². The molecule has 2 rings (SSSR count). The van der Waals surface area contributed by atoms with E-state index in [1.165, 1.54) is 12.3 Å². The number of nitrogens with one attached hydrogen (secondary N) is 1. The smallest absolute Gasteiger partial charge is 0.245 e. The standard InChI is InChI=1S/C14H18N2O4/c1-11(14(18)16-6-9-19-10-7-16)15-13(17)5-4-12-3-2-8-20-12/h2-5,8,11H,6-7,9-10H2,1H3,(H,15,17)/b5-4+. The molecule has 108 valence electrons. The van der Waals surface area contributed by atoms with E-state index in [-0.39, 0.29) is 11.8 Å². The van der Waals surface area contributed by atoms with E-state index in [1.54, 1.807) is 30.0 Å². The van der Waals surface area contributed by atoms with Crippen molar-refractivity contribution in [1.82, 2.24) is 10.2 Å². The molecule has 1 N–H and O–H groups in total. The van der Waals surface area contributed by atoms with Gasteiger partial charge in [-0.15, -0.1) is 0 Å². The van der Waals surface area contributed by atoms with E-state index in [0.29, 0.717) is 32.1 Å². The highest BCUT2D eigenvalue weighted by atomic mass is 16.5. The summed E-state index contributed by atoms with van der Waals surface area (Å²) in [6, 6.07) is 2.93. The fraction of sp³-hybridized carbons (Fsp3) is 0.429. The first-order valence-electron chi connectivity index (χ1n) is 6.55. The molecular weight excluding hydrogens is 260 g/mol.